The Morgan fingerprint density at radius 2 is 0.878 bits per heavy atom. The van der Waals surface area contributed by atoms with Gasteiger partial charge in [-0.2, -0.15) is 0 Å². The minimum Gasteiger partial charge on any atom is -0.403 e. The number of pyridine rings is 2. The number of nitrogens with one attached hydrogen (secondary N) is 2. The number of aromatic nitrogens is 6. The molecule has 8 aromatic rings. The molecule has 8 heterocycles. The lowest BCUT2D eigenvalue weighted by Gasteiger charge is -2.28. The molecule has 0 radical (unpaired) electrons. The number of hydrogen-bond donors (Lipinski definition) is 2. The van der Waals surface area contributed by atoms with Crippen molar-refractivity contribution >= 4 is 46.7 Å². The summed E-state index contributed by atoms with van der Waals surface area (Å²) < 4.78 is 52.2. The van der Waals surface area contributed by atoms with Crippen LogP contribution < -0.4 is 20.4 Å². The van der Waals surface area contributed by atoms with Crippen molar-refractivity contribution in [3.05, 3.63) is 179 Å². The number of fused-ring (bicyclic) bond motifs is 2. The van der Waals surface area contributed by atoms with Gasteiger partial charge in [0.25, 0.3) is 11.8 Å². The number of benzene rings is 4. The highest BCUT2D eigenvalue weighted by Crippen LogP contribution is 2.33. The molecular formula is C54H46F2N12O6. The van der Waals surface area contributed by atoms with Crippen LogP contribution in [0.25, 0.3) is 22.9 Å². The average molecular weight is 997 g/mol. The highest BCUT2D eigenvalue weighted by atomic mass is 19.1. The lowest BCUT2D eigenvalue weighted by molar-refractivity contribution is -0.119. The van der Waals surface area contributed by atoms with Crippen molar-refractivity contribution in [3.63, 3.8) is 0 Å². The number of carbonyl (C=O) groups excluding carboxylic acids is 2. The number of aliphatic imine (C=N–C) groups is 2. The predicted molar refractivity (Wildman–Crippen MR) is 270 cm³/mol. The van der Waals surface area contributed by atoms with Gasteiger partial charge in [-0.05, 0) is 36.4 Å². The molecule has 2 N–H and O–H groups in total. The average Bonchev–Trinajstić information content (AvgIpc) is 4.07. The SMILES string of the molecule is O=C1Cc2c(F)cccc2C(c2ccccc2)=N[C@@H]1Nc1nnc(-c2cccnc2N2CCOCC2)o1.O=C1Cc2c(F)cccc2C(c2ccccc2)=N[C@H]1Nc1nnc(-c2cccnc2N2CCOCC2)o1. The molecule has 20 heteroatoms. The summed E-state index contributed by atoms with van der Waals surface area (Å²) in [5.74, 6) is 0.466. The monoisotopic (exact) mass is 996 g/mol. The quantitative estimate of drug-likeness (QED) is 0.141. The molecule has 4 aliphatic rings. The summed E-state index contributed by atoms with van der Waals surface area (Å²) in [6, 6.07) is 35.6. The van der Waals surface area contributed by atoms with Crippen molar-refractivity contribution in [3.8, 4) is 22.9 Å². The molecule has 0 amide bonds. The van der Waals surface area contributed by atoms with Crippen LogP contribution in [-0.2, 0) is 31.9 Å². The maximum Gasteiger partial charge on any atom is 0.317 e. The molecule has 4 aliphatic heterocycles. The van der Waals surface area contributed by atoms with Crippen molar-refractivity contribution < 1.29 is 36.7 Å². The first kappa shape index (κ1) is 47.4. The summed E-state index contributed by atoms with van der Waals surface area (Å²) in [6.07, 6.45) is 1.11. The van der Waals surface area contributed by atoms with Gasteiger partial charge in [-0.15, -0.1) is 10.2 Å². The molecule has 372 valence electrons. The van der Waals surface area contributed by atoms with Crippen LogP contribution in [0.3, 0.4) is 0 Å². The van der Waals surface area contributed by atoms with E-state index in [1.165, 1.54) is 12.1 Å². The fourth-order valence-corrected chi connectivity index (χ4v) is 9.08. The molecule has 0 saturated carbocycles. The number of morpholine rings is 2. The molecule has 74 heavy (non-hydrogen) atoms. The number of hydrogen-bond acceptors (Lipinski definition) is 18. The van der Waals surface area contributed by atoms with Crippen molar-refractivity contribution in [1.82, 2.24) is 30.4 Å². The smallest absolute Gasteiger partial charge is 0.317 e. The number of anilines is 4. The second-order valence-corrected chi connectivity index (χ2v) is 17.4. The third-order valence-electron chi connectivity index (χ3n) is 12.7. The Kier molecular flexibility index (Phi) is 13.8. The number of carbonyl (C=O) groups is 2. The number of ketones is 2. The summed E-state index contributed by atoms with van der Waals surface area (Å²) in [5, 5.41) is 22.5. The second kappa shape index (κ2) is 21.5. The summed E-state index contributed by atoms with van der Waals surface area (Å²) in [7, 11) is 0. The Balaban J connectivity index is 0.000000159. The van der Waals surface area contributed by atoms with Gasteiger partial charge in [-0.3, -0.25) is 19.6 Å². The maximum atomic E-state index is 14.8. The minimum absolute atomic E-state index is 0.0349. The third-order valence-corrected chi connectivity index (χ3v) is 12.7. The number of halogens is 2. The van der Waals surface area contributed by atoms with E-state index < -0.39 is 24.0 Å². The predicted octanol–water partition coefficient (Wildman–Crippen LogP) is 7.02. The topological polar surface area (TPSA) is 211 Å². The van der Waals surface area contributed by atoms with E-state index in [1.54, 1.807) is 48.8 Å². The minimum atomic E-state index is -1.04. The lowest BCUT2D eigenvalue weighted by atomic mass is 9.95. The van der Waals surface area contributed by atoms with Crippen LogP contribution in [0.5, 0.6) is 0 Å². The zero-order valence-corrected chi connectivity index (χ0v) is 39.6. The Hall–Kier alpha value is -8.88. The van der Waals surface area contributed by atoms with E-state index in [2.05, 4.69) is 50.8 Å². The molecule has 2 fully saturated rings. The van der Waals surface area contributed by atoms with E-state index in [1.807, 2.05) is 72.8 Å². The molecule has 0 aliphatic carbocycles. The zero-order valence-electron chi connectivity index (χ0n) is 39.6. The van der Waals surface area contributed by atoms with Crippen molar-refractivity contribution in [2.24, 2.45) is 9.98 Å². The molecule has 4 aromatic heterocycles. The van der Waals surface area contributed by atoms with Gasteiger partial charge in [0.05, 0.1) is 49.0 Å². The molecule has 2 atom stereocenters. The number of Topliss-reactive ketones (excluding diaryl/α,β-unsaturated/α-hetero) is 2. The second-order valence-electron chi connectivity index (χ2n) is 17.4. The Labute approximate surface area is 422 Å². The Bertz CT molecular complexity index is 3150. The van der Waals surface area contributed by atoms with Gasteiger partial charge in [0.2, 0.25) is 0 Å². The highest BCUT2D eigenvalue weighted by Gasteiger charge is 2.32. The van der Waals surface area contributed by atoms with E-state index in [0.29, 0.717) is 97.4 Å². The van der Waals surface area contributed by atoms with E-state index in [-0.39, 0.29) is 48.2 Å². The molecule has 12 rings (SSSR count). The number of nitrogens with zero attached hydrogens (tertiary/aromatic N) is 10. The molecule has 2 saturated heterocycles. The molecule has 0 bridgehead atoms. The maximum absolute atomic E-state index is 14.8. The highest BCUT2D eigenvalue weighted by molar-refractivity contribution is 6.17. The van der Waals surface area contributed by atoms with Crippen molar-refractivity contribution in [2.75, 3.05) is 73.0 Å². The van der Waals surface area contributed by atoms with Crippen LogP contribution in [0, 0.1) is 11.6 Å². The zero-order chi connectivity index (χ0) is 50.4. The Morgan fingerprint density at radius 3 is 1.30 bits per heavy atom. The summed E-state index contributed by atoms with van der Waals surface area (Å²) in [5.41, 5.74) is 5.73. The van der Waals surface area contributed by atoms with Gasteiger partial charge in [0.15, 0.2) is 23.9 Å². The first-order valence-corrected chi connectivity index (χ1v) is 24.0. The first-order chi connectivity index (χ1) is 36.3. The fraction of sp³-hybridized carbons (Fsp3) is 0.222. The summed E-state index contributed by atoms with van der Waals surface area (Å²) in [6.45, 7) is 5.26. The van der Waals surface area contributed by atoms with Gasteiger partial charge >= 0.3 is 12.0 Å². The van der Waals surface area contributed by atoms with Gasteiger partial charge in [0, 0.05) is 84.8 Å². The summed E-state index contributed by atoms with van der Waals surface area (Å²) in [4.78, 5) is 49.0. The van der Waals surface area contributed by atoms with Gasteiger partial charge < -0.3 is 38.7 Å². The van der Waals surface area contributed by atoms with Crippen LogP contribution in [0.2, 0.25) is 0 Å². The number of rotatable bonds is 10. The van der Waals surface area contributed by atoms with Gasteiger partial charge in [-0.25, -0.2) is 18.7 Å². The van der Waals surface area contributed by atoms with Gasteiger partial charge in [-0.1, -0.05) is 95.1 Å². The van der Waals surface area contributed by atoms with E-state index >= 15 is 0 Å². The standard InChI is InChI=1S/2C27H23FN6O3/c2*28-21-10-4-8-18-20(21)16-22(35)24(30-23(18)17-6-2-1-3-7-17)31-27-33-32-26(37-27)19-9-5-11-29-25(19)34-12-14-36-15-13-34/h2*1-11,24H,12-16H2,(H,31,33)/t2*24-/m10/s1. The fourth-order valence-electron chi connectivity index (χ4n) is 9.08. The first-order valence-electron chi connectivity index (χ1n) is 24.0. The van der Waals surface area contributed by atoms with Crippen LogP contribution in [-0.4, -0.2) is 118 Å². The molecule has 4 aromatic carbocycles. The molecule has 0 spiro atoms. The van der Waals surface area contributed by atoms with E-state index in [9.17, 15) is 18.4 Å². The van der Waals surface area contributed by atoms with Crippen LogP contribution in [0.15, 0.2) is 153 Å². The van der Waals surface area contributed by atoms with Crippen LogP contribution in [0.1, 0.15) is 33.4 Å². The van der Waals surface area contributed by atoms with E-state index in [0.717, 1.165) is 22.8 Å². The van der Waals surface area contributed by atoms with Crippen molar-refractivity contribution in [1.29, 1.82) is 0 Å². The third kappa shape index (κ3) is 10.1. The molecular weight excluding hydrogens is 951 g/mol. The summed E-state index contributed by atoms with van der Waals surface area (Å²) >= 11 is 0. The molecule has 0 unspecified atom stereocenters. The van der Waals surface area contributed by atoms with Crippen molar-refractivity contribution in [2.45, 2.75) is 25.2 Å². The van der Waals surface area contributed by atoms with Crippen LogP contribution in [0.4, 0.5) is 32.4 Å². The lowest BCUT2D eigenvalue weighted by Crippen LogP contribution is -2.37. The van der Waals surface area contributed by atoms with E-state index in [4.69, 9.17) is 28.3 Å². The normalized spacial score (nSPS) is 17.6. The largest absolute Gasteiger partial charge is 0.403 e. The Morgan fingerprint density at radius 1 is 0.473 bits per heavy atom. The van der Waals surface area contributed by atoms with Crippen LogP contribution >= 0.6 is 0 Å². The van der Waals surface area contributed by atoms with Gasteiger partial charge in [0.1, 0.15) is 23.3 Å². The number of ether oxygens (including phenoxy) is 2. The molecule has 18 nitrogen and oxygen atoms in total.